The number of nitrogens with zero attached hydrogens (tertiary/aromatic N) is 1. The van der Waals surface area contributed by atoms with Gasteiger partial charge in [0.05, 0.1) is 6.61 Å². The molecule has 136 valence electrons. The molecule has 0 spiro atoms. The molecule has 25 heavy (non-hydrogen) atoms. The topological polar surface area (TPSA) is 113 Å². The Balaban J connectivity index is 1.97. The van der Waals surface area contributed by atoms with Gasteiger partial charge in [-0.3, -0.25) is 4.79 Å². The second-order valence-electron chi connectivity index (χ2n) is 5.63. The van der Waals surface area contributed by atoms with Crippen molar-refractivity contribution < 1.29 is 34.1 Å². The molecule has 2 rings (SSSR count). The molecule has 1 unspecified atom stereocenters. The van der Waals surface area contributed by atoms with E-state index in [-0.39, 0.29) is 17.9 Å². The van der Waals surface area contributed by atoms with Crippen molar-refractivity contribution >= 4 is 17.8 Å². The molecule has 8 nitrogen and oxygen atoms in total. The molecular weight excluding hydrogens is 330 g/mol. The van der Waals surface area contributed by atoms with Crippen LogP contribution in [-0.2, 0) is 19.1 Å². The molecule has 1 amide bonds. The zero-order chi connectivity index (χ0) is 18.4. The van der Waals surface area contributed by atoms with E-state index >= 15 is 0 Å². The summed E-state index contributed by atoms with van der Waals surface area (Å²) < 4.78 is 9.91. The van der Waals surface area contributed by atoms with Crippen molar-refractivity contribution in [3.05, 3.63) is 23.8 Å². The number of benzene rings is 1. The highest BCUT2D eigenvalue weighted by Crippen LogP contribution is 2.23. The fourth-order valence-electron chi connectivity index (χ4n) is 2.69. The summed E-state index contributed by atoms with van der Waals surface area (Å²) in [5, 5.41) is 18.8. The second-order valence-corrected chi connectivity index (χ2v) is 5.63. The van der Waals surface area contributed by atoms with Crippen LogP contribution in [0.1, 0.15) is 36.5 Å². The SMILES string of the molecule is CCOC(=O)C1CCCCN1C(=O)COC(=O)c1ccc(O)cc1O. The average molecular weight is 351 g/mol. The first kappa shape index (κ1) is 18.6. The number of likely N-dealkylation sites (tertiary alicyclic amines) is 1. The van der Waals surface area contributed by atoms with Gasteiger partial charge in [-0.1, -0.05) is 0 Å². The summed E-state index contributed by atoms with van der Waals surface area (Å²) in [7, 11) is 0. The lowest BCUT2D eigenvalue weighted by Gasteiger charge is -2.33. The Hall–Kier alpha value is -2.77. The van der Waals surface area contributed by atoms with Crippen molar-refractivity contribution in [3.63, 3.8) is 0 Å². The first-order valence-electron chi connectivity index (χ1n) is 8.09. The lowest BCUT2D eigenvalue weighted by molar-refractivity contribution is -0.157. The van der Waals surface area contributed by atoms with Crippen LogP contribution in [0.4, 0.5) is 0 Å². The van der Waals surface area contributed by atoms with Crippen molar-refractivity contribution in [2.24, 2.45) is 0 Å². The third-order valence-corrected chi connectivity index (χ3v) is 3.91. The first-order chi connectivity index (χ1) is 11.9. The number of amides is 1. The largest absolute Gasteiger partial charge is 0.508 e. The minimum absolute atomic E-state index is 0.161. The number of rotatable bonds is 5. The maximum absolute atomic E-state index is 12.3. The number of aromatic hydroxyl groups is 2. The summed E-state index contributed by atoms with van der Waals surface area (Å²) in [6, 6.07) is 2.75. The number of phenolic OH excluding ortho intramolecular Hbond substituents is 2. The fraction of sp³-hybridized carbons (Fsp3) is 0.471. The molecule has 0 radical (unpaired) electrons. The summed E-state index contributed by atoms with van der Waals surface area (Å²) in [4.78, 5) is 37.6. The third-order valence-electron chi connectivity index (χ3n) is 3.91. The van der Waals surface area contributed by atoms with Crippen LogP contribution >= 0.6 is 0 Å². The highest BCUT2D eigenvalue weighted by atomic mass is 16.5. The molecule has 8 heteroatoms. The Morgan fingerprint density at radius 3 is 2.64 bits per heavy atom. The Morgan fingerprint density at radius 1 is 1.20 bits per heavy atom. The molecule has 1 atom stereocenters. The smallest absolute Gasteiger partial charge is 0.342 e. The van der Waals surface area contributed by atoms with Gasteiger partial charge in [0, 0.05) is 12.6 Å². The van der Waals surface area contributed by atoms with Gasteiger partial charge in [0.1, 0.15) is 23.1 Å². The fourth-order valence-corrected chi connectivity index (χ4v) is 2.69. The van der Waals surface area contributed by atoms with E-state index in [1.807, 2.05) is 0 Å². The number of ether oxygens (including phenoxy) is 2. The van der Waals surface area contributed by atoms with E-state index in [9.17, 15) is 24.6 Å². The number of hydrogen-bond donors (Lipinski definition) is 2. The standard InChI is InChI=1S/C17H21NO7/c1-2-24-17(23)13-5-3-4-8-18(13)15(21)10-25-16(22)12-7-6-11(19)9-14(12)20/h6-7,9,13,19-20H,2-5,8,10H2,1H3. The van der Waals surface area contributed by atoms with E-state index < -0.39 is 36.2 Å². The zero-order valence-corrected chi connectivity index (χ0v) is 13.9. The van der Waals surface area contributed by atoms with Crippen molar-refractivity contribution in [2.75, 3.05) is 19.8 Å². The first-order valence-corrected chi connectivity index (χ1v) is 8.09. The molecule has 1 saturated heterocycles. The maximum Gasteiger partial charge on any atom is 0.342 e. The number of esters is 2. The molecule has 0 aliphatic carbocycles. The molecular formula is C17H21NO7. The number of phenols is 2. The Labute approximate surface area is 144 Å². The molecule has 1 heterocycles. The molecule has 1 aliphatic rings. The third kappa shape index (κ3) is 4.62. The Kier molecular flexibility index (Phi) is 6.21. The van der Waals surface area contributed by atoms with Crippen LogP contribution in [0.3, 0.4) is 0 Å². The van der Waals surface area contributed by atoms with Gasteiger partial charge in [-0.15, -0.1) is 0 Å². The van der Waals surface area contributed by atoms with Crippen LogP contribution in [0.15, 0.2) is 18.2 Å². The second kappa shape index (κ2) is 8.36. The number of piperidine rings is 1. The number of carbonyl (C=O) groups is 3. The average Bonchev–Trinajstić information content (AvgIpc) is 2.59. The zero-order valence-electron chi connectivity index (χ0n) is 13.9. The van der Waals surface area contributed by atoms with E-state index in [0.29, 0.717) is 13.0 Å². The van der Waals surface area contributed by atoms with Gasteiger partial charge in [0.2, 0.25) is 0 Å². The predicted octanol–water partition coefficient (Wildman–Crippen LogP) is 1.20. The van der Waals surface area contributed by atoms with Gasteiger partial charge in [-0.2, -0.15) is 0 Å². The highest BCUT2D eigenvalue weighted by molar-refractivity contribution is 5.94. The van der Waals surface area contributed by atoms with E-state index in [4.69, 9.17) is 9.47 Å². The molecule has 0 aromatic heterocycles. The summed E-state index contributed by atoms with van der Waals surface area (Å²) in [6.45, 7) is 1.77. The van der Waals surface area contributed by atoms with Gasteiger partial charge >= 0.3 is 11.9 Å². The van der Waals surface area contributed by atoms with E-state index in [1.54, 1.807) is 6.92 Å². The molecule has 1 aliphatic heterocycles. The summed E-state index contributed by atoms with van der Waals surface area (Å²) in [6.07, 6.45) is 2.08. The van der Waals surface area contributed by atoms with E-state index in [2.05, 4.69) is 0 Å². The van der Waals surface area contributed by atoms with Gasteiger partial charge < -0.3 is 24.6 Å². The van der Waals surface area contributed by atoms with Crippen LogP contribution in [0.25, 0.3) is 0 Å². The van der Waals surface area contributed by atoms with E-state index in [1.165, 1.54) is 17.0 Å². The molecule has 1 aromatic carbocycles. The Bertz CT molecular complexity index is 658. The van der Waals surface area contributed by atoms with Crippen molar-refractivity contribution in [2.45, 2.75) is 32.2 Å². The quantitative estimate of drug-likeness (QED) is 0.766. The molecule has 1 aromatic rings. The lowest BCUT2D eigenvalue weighted by Crippen LogP contribution is -2.50. The molecule has 0 bridgehead atoms. The van der Waals surface area contributed by atoms with Crippen LogP contribution < -0.4 is 0 Å². The van der Waals surface area contributed by atoms with Crippen molar-refractivity contribution in [3.8, 4) is 11.5 Å². The summed E-state index contributed by atoms with van der Waals surface area (Å²) >= 11 is 0. The normalized spacial score (nSPS) is 17.0. The van der Waals surface area contributed by atoms with Crippen molar-refractivity contribution in [1.29, 1.82) is 0 Å². The van der Waals surface area contributed by atoms with Crippen LogP contribution in [0, 0.1) is 0 Å². The minimum Gasteiger partial charge on any atom is -0.508 e. The van der Waals surface area contributed by atoms with Crippen LogP contribution in [0.2, 0.25) is 0 Å². The number of carbonyl (C=O) groups excluding carboxylic acids is 3. The van der Waals surface area contributed by atoms with Gasteiger partial charge in [0.15, 0.2) is 6.61 Å². The van der Waals surface area contributed by atoms with E-state index in [0.717, 1.165) is 18.9 Å². The van der Waals surface area contributed by atoms with Crippen LogP contribution in [0.5, 0.6) is 11.5 Å². The molecule has 1 fully saturated rings. The lowest BCUT2D eigenvalue weighted by atomic mass is 10.0. The minimum atomic E-state index is -0.893. The van der Waals surface area contributed by atoms with Gasteiger partial charge in [-0.05, 0) is 38.3 Å². The Morgan fingerprint density at radius 2 is 1.96 bits per heavy atom. The van der Waals surface area contributed by atoms with Crippen molar-refractivity contribution in [1.82, 2.24) is 4.90 Å². The number of hydrogen-bond acceptors (Lipinski definition) is 7. The predicted molar refractivity (Wildman–Crippen MR) is 86.0 cm³/mol. The van der Waals surface area contributed by atoms with Gasteiger partial charge in [-0.25, -0.2) is 9.59 Å². The summed E-state index contributed by atoms with van der Waals surface area (Å²) in [5.74, 6) is -2.49. The molecule has 2 N–H and O–H groups in total. The maximum atomic E-state index is 12.3. The monoisotopic (exact) mass is 351 g/mol. The van der Waals surface area contributed by atoms with Crippen LogP contribution in [-0.4, -0.2) is 58.8 Å². The summed E-state index contributed by atoms with van der Waals surface area (Å²) in [5.41, 5.74) is -0.161. The molecule has 0 saturated carbocycles. The highest BCUT2D eigenvalue weighted by Gasteiger charge is 2.33. The van der Waals surface area contributed by atoms with Gasteiger partial charge in [0.25, 0.3) is 5.91 Å².